The van der Waals surface area contributed by atoms with Crippen molar-refractivity contribution < 1.29 is 9.90 Å². The maximum Gasteiger partial charge on any atom is 0.333 e. The molecule has 3 heteroatoms. The number of nitrogens with zero attached hydrogens (tertiary/aromatic N) is 1. The van der Waals surface area contributed by atoms with E-state index in [1.807, 2.05) is 31.0 Å². The van der Waals surface area contributed by atoms with Crippen molar-refractivity contribution in [3.63, 3.8) is 0 Å². The molecule has 0 bridgehead atoms. The van der Waals surface area contributed by atoms with Crippen molar-refractivity contribution in [2.75, 3.05) is 7.05 Å². The summed E-state index contributed by atoms with van der Waals surface area (Å²) >= 11 is 0. The molecule has 0 saturated heterocycles. The Morgan fingerprint density at radius 3 is 2.93 bits per heavy atom. The number of aliphatic carboxylic acids is 1. The third kappa shape index (κ3) is 1.16. The second kappa shape index (κ2) is 3.01. The number of fused-ring (bicyclic) bond motifs is 1. The van der Waals surface area contributed by atoms with Crippen LogP contribution in [0.25, 0.3) is 0 Å². The van der Waals surface area contributed by atoms with E-state index in [1.165, 1.54) is 0 Å². The average molecular weight is 191 g/mol. The minimum absolute atomic E-state index is 0.0162. The summed E-state index contributed by atoms with van der Waals surface area (Å²) in [6.07, 6.45) is 7.67. The maximum absolute atomic E-state index is 11.0. The summed E-state index contributed by atoms with van der Waals surface area (Å²) in [5.74, 6) is -0.601. The van der Waals surface area contributed by atoms with Gasteiger partial charge in [-0.25, -0.2) is 4.79 Å². The normalized spacial score (nSPS) is 29.7. The molecule has 1 aliphatic carbocycles. The number of carbonyl (C=O) groups is 1. The second-order valence-corrected chi connectivity index (χ2v) is 3.75. The van der Waals surface area contributed by atoms with E-state index in [9.17, 15) is 4.79 Å². The Labute approximate surface area is 83.0 Å². The van der Waals surface area contributed by atoms with Crippen LogP contribution in [0, 0.1) is 5.92 Å². The summed E-state index contributed by atoms with van der Waals surface area (Å²) in [7, 11) is 1.94. The summed E-state index contributed by atoms with van der Waals surface area (Å²) in [4.78, 5) is 13.0. The molecule has 0 aromatic rings. The fourth-order valence-electron chi connectivity index (χ4n) is 2.13. The minimum Gasteiger partial charge on any atom is -0.478 e. The molecule has 0 spiro atoms. The van der Waals surface area contributed by atoms with Gasteiger partial charge in [0.1, 0.15) is 0 Å². The van der Waals surface area contributed by atoms with Gasteiger partial charge in [-0.1, -0.05) is 18.2 Å². The van der Waals surface area contributed by atoms with Crippen LogP contribution in [-0.4, -0.2) is 29.1 Å². The van der Waals surface area contributed by atoms with Gasteiger partial charge >= 0.3 is 5.97 Å². The van der Waals surface area contributed by atoms with Gasteiger partial charge in [-0.2, -0.15) is 0 Å². The molecule has 2 rings (SSSR count). The first-order chi connectivity index (χ1) is 6.61. The molecular weight excluding hydrogens is 178 g/mol. The van der Waals surface area contributed by atoms with Crippen LogP contribution in [0.4, 0.5) is 0 Å². The molecule has 2 atom stereocenters. The molecular formula is C11H13NO2. The van der Waals surface area contributed by atoms with E-state index in [1.54, 1.807) is 6.08 Å². The fourth-order valence-corrected chi connectivity index (χ4v) is 2.13. The first-order valence-electron chi connectivity index (χ1n) is 4.64. The zero-order valence-electron chi connectivity index (χ0n) is 8.27. The lowest BCUT2D eigenvalue weighted by Gasteiger charge is -2.29. The predicted octanol–water partition coefficient (Wildman–Crippen LogP) is 1.40. The van der Waals surface area contributed by atoms with E-state index in [2.05, 4.69) is 6.08 Å². The SMILES string of the molecule is CC1=CC2C=CC=C(C(=O)O)C2N1C. The van der Waals surface area contributed by atoms with E-state index >= 15 is 0 Å². The third-order valence-corrected chi connectivity index (χ3v) is 2.95. The molecule has 3 nitrogen and oxygen atoms in total. The Kier molecular flexibility index (Phi) is 1.95. The molecule has 14 heavy (non-hydrogen) atoms. The van der Waals surface area contributed by atoms with Gasteiger partial charge in [0.15, 0.2) is 0 Å². The largest absolute Gasteiger partial charge is 0.478 e. The Hall–Kier alpha value is -1.51. The molecule has 1 N–H and O–H groups in total. The molecule has 0 amide bonds. The molecule has 0 aromatic carbocycles. The first kappa shape index (κ1) is 9.06. The number of carboxylic acids is 1. The monoisotopic (exact) mass is 191 g/mol. The predicted molar refractivity (Wildman–Crippen MR) is 53.7 cm³/mol. The van der Waals surface area contributed by atoms with E-state index in [4.69, 9.17) is 5.11 Å². The molecule has 0 fully saturated rings. The van der Waals surface area contributed by atoms with Gasteiger partial charge < -0.3 is 10.0 Å². The van der Waals surface area contributed by atoms with Crippen LogP contribution in [0.15, 0.2) is 35.6 Å². The number of rotatable bonds is 1. The van der Waals surface area contributed by atoms with Crippen LogP contribution >= 0.6 is 0 Å². The summed E-state index contributed by atoms with van der Waals surface area (Å²) in [6.45, 7) is 2.01. The van der Waals surface area contributed by atoms with Crippen LogP contribution < -0.4 is 0 Å². The lowest BCUT2D eigenvalue weighted by atomic mass is 9.90. The lowest BCUT2D eigenvalue weighted by molar-refractivity contribution is -0.133. The van der Waals surface area contributed by atoms with Crippen molar-refractivity contribution in [2.24, 2.45) is 5.92 Å². The molecule has 0 aromatic heterocycles. The zero-order chi connectivity index (χ0) is 10.3. The number of hydrogen-bond acceptors (Lipinski definition) is 2. The van der Waals surface area contributed by atoms with Gasteiger partial charge in [-0.3, -0.25) is 0 Å². The summed E-state index contributed by atoms with van der Waals surface area (Å²) in [5.41, 5.74) is 1.62. The number of likely N-dealkylation sites (N-methyl/N-ethyl adjacent to an activating group) is 1. The van der Waals surface area contributed by atoms with Crippen molar-refractivity contribution in [3.05, 3.63) is 35.6 Å². The summed E-state index contributed by atoms with van der Waals surface area (Å²) < 4.78 is 0. The second-order valence-electron chi connectivity index (χ2n) is 3.75. The van der Waals surface area contributed by atoms with Crippen LogP contribution in [0.5, 0.6) is 0 Å². The van der Waals surface area contributed by atoms with Gasteiger partial charge in [0.25, 0.3) is 0 Å². The van der Waals surface area contributed by atoms with Gasteiger partial charge in [-0.15, -0.1) is 0 Å². The molecule has 2 aliphatic rings. The van der Waals surface area contributed by atoms with Crippen LogP contribution in [0.2, 0.25) is 0 Å². The molecule has 1 aliphatic heterocycles. The Morgan fingerprint density at radius 1 is 1.57 bits per heavy atom. The Morgan fingerprint density at radius 2 is 2.29 bits per heavy atom. The van der Waals surface area contributed by atoms with E-state index < -0.39 is 5.97 Å². The Bertz CT molecular complexity index is 365. The quantitative estimate of drug-likeness (QED) is 0.681. The summed E-state index contributed by atoms with van der Waals surface area (Å²) in [5, 5.41) is 9.04. The van der Waals surface area contributed by atoms with E-state index in [0.717, 1.165) is 5.70 Å². The standard InChI is InChI=1S/C11H13NO2/c1-7-6-8-4-3-5-9(11(13)14)10(8)12(7)2/h3-6,8,10H,1-2H3,(H,13,14). The molecule has 1 heterocycles. The maximum atomic E-state index is 11.0. The van der Waals surface area contributed by atoms with Gasteiger partial charge in [-0.05, 0) is 13.0 Å². The van der Waals surface area contributed by atoms with Crippen molar-refractivity contribution >= 4 is 5.97 Å². The fraction of sp³-hybridized carbons (Fsp3) is 0.364. The van der Waals surface area contributed by atoms with Gasteiger partial charge in [0.05, 0.1) is 11.6 Å². The van der Waals surface area contributed by atoms with Crippen LogP contribution in [-0.2, 0) is 4.79 Å². The van der Waals surface area contributed by atoms with Crippen molar-refractivity contribution in [2.45, 2.75) is 13.0 Å². The van der Waals surface area contributed by atoms with Crippen molar-refractivity contribution in [1.29, 1.82) is 0 Å². The Balaban J connectivity index is 2.37. The molecule has 0 radical (unpaired) electrons. The van der Waals surface area contributed by atoms with E-state index in [-0.39, 0.29) is 12.0 Å². The zero-order valence-corrected chi connectivity index (χ0v) is 8.27. The van der Waals surface area contributed by atoms with Crippen LogP contribution in [0.3, 0.4) is 0 Å². The highest BCUT2D eigenvalue weighted by Gasteiger charge is 2.35. The molecule has 2 unspecified atom stereocenters. The average Bonchev–Trinajstić information content (AvgIpc) is 2.43. The molecule has 74 valence electrons. The van der Waals surface area contributed by atoms with Crippen molar-refractivity contribution in [3.8, 4) is 0 Å². The van der Waals surface area contributed by atoms with Gasteiger partial charge in [0, 0.05) is 18.7 Å². The summed E-state index contributed by atoms with van der Waals surface area (Å²) in [6, 6.07) is -0.0162. The molecule has 0 saturated carbocycles. The van der Waals surface area contributed by atoms with Gasteiger partial charge in [0.2, 0.25) is 0 Å². The lowest BCUT2D eigenvalue weighted by Crippen LogP contribution is -2.35. The third-order valence-electron chi connectivity index (χ3n) is 2.95. The minimum atomic E-state index is -0.820. The number of allylic oxidation sites excluding steroid dienone is 3. The van der Waals surface area contributed by atoms with Crippen LogP contribution in [0.1, 0.15) is 6.92 Å². The highest BCUT2D eigenvalue weighted by atomic mass is 16.4. The number of carboxylic acid groups (broad SMARTS) is 1. The van der Waals surface area contributed by atoms with E-state index in [0.29, 0.717) is 5.57 Å². The first-order valence-corrected chi connectivity index (χ1v) is 4.64. The van der Waals surface area contributed by atoms with Crippen molar-refractivity contribution in [1.82, 2.24) is 4.90 Å². The highest BCUT2D eigenvalue weighted by Crippen LogP contribution is 2.33. The smallest absolute Gasteiger partial charge is 0.333 e. The topological polar surface area (TPSA) is 40.5 Å². The number of hydrogen-bond donors (Lipinski definition) is 1. The highest BCUT2D eigenvalue weighted by molar-refractivity contribution is 5.89.